The highest BCUT2D eigenvalue weighted by Crippen LogP contribution is 2.25. The first kappa shape index (κ1) is 15.5. The van der Waals surface area contributed by atoms with Gasteiger partial charge in [-0.1, -0.05) is 24.3 Å². The second-order valence-electron chi connectivity index (χ2n) is 4.75. The van der Waals surface area contributed by atoms with Crippen molar-refractivity contribution in [2.24, 2.45) is 0 Å². The molecule has 0 heterocycles. The fraction of sp³-hybridized carbons (Fsp3) is 0.250. The Labute approximate surface area is 124 Å². The summed E-state index contributed by atoms with van der Waals surface area (Å²) in [6.07, 6.45) is 0.361. The zero-order chi connectivity index (χ0) is 15.5. The molecule has 0 aliphatic heterocycles. The van der Waals surface area contributed by atoms with E-state index in [1.165, 1.54) is 12.1 Å². The SMILES string of the molecule is CCOc1ccc(C(O)c2ccc(S(C)(=O)=O)cc2)cc1. The van der Waals surface area contributed by atoms with Crippen molar-refractivity contribution in [2.75, 3.05) is 12.9 Å². The van der Waals surface area contributed by atoms with E-state index < -0.39 is 15.9 Å². The summed E-state index contributed by atoms with van der Waals surface area (Å²) in [4.78, 5) is 0.241. The number of rotatable bonds is 5. The van der Waals surface area contributed by atoms with Gasteiger partial charge in [0.05, 0.1) is 11.5 Å². The lowest BCUT2D eigenvalue weighted by molar-refractivity contribution is 0.220. The first-order valence-corrected chi connectivity index (χ1v) is 8.52. The summed E-state index contributed by atoms with van der Waals surface area (Å²) >= 11 is 0. The summed E-state index contributed by atoms with van der Waals surface area (Å²) < 4.78 is 28.2. The summed E-state index contributed by atoms with van der Waals surface area (Å²) in [6.45, 7) is 2.50. The van der Waals surface area contributed by atoms with Crippen molar-refractivity contribution >= 4 is 9.84 Å². The Hall–Kier alpha value is -1.85. The van der Waals surface area contributed by atoms with Gasteiger partial charge in [0.15, 0.2) is 9.84 Å². The van der Waals surface area contributed by atoms with Crippen LogP contribution in [-0.4, -0.2) is 26.4 Å². The van der Waals surface area contributed by atoms with Crippen LogP contribution in [0.25, 0.3) is 0 Å². The molecule has 0 amide bonds. The minimum absolute atomic E-state index is 0.241. The summed E-state index contributed by atoms with van der Waals surface area (Å²) in [7, 11) is -3.22. The molecule has 0 bridgehead atoms. The van der Waals surface area contributed by atoms with Gasteiger partial charge in [0.25, 0.3) is 0 Å². The molecule has 2 aromatic rings. The second-order valence-corrected chi connectivity index (χ2v) is 6.76. The second kappa shape index (κ2) is 6.28. The molecule has 0 saturated carbocycles. The maximum absolute atomic E-state index is 11.4. The van der Waals surface area contributed by atoms with Gasteiger partial charge in [0.2, 0.25) is 0 Å². The molecule has 112 valence electrons. The maximum atomic E-state index is 11.4. The van der Waals surface area contributed by atoms with E-state index in [4.69, 9.17) is 4.74 Å². The monoisotopic (exact) mass is 306 g/mol. The number of hydrogen-bond donors (Lipinski definition) is 1. The summed E-state index contributed by atoms with van der Waals surface area (Å²) in [5.74, 6) is 0.751. The average Bonchev–Trinajstić information content (AvgIpc) is 2.47. The standard InChI is InChI=1S/C16H18O4S/c1-3-20-14-8-4-12(5-9-14)16(17)13-6-10-15(11-7-13)21(2,18)19/h4-11,16-17H,3H2,1-2H3. The molecule has 0 spiro atoms. The van der Waals surface area contributed by atoms with Crippen LogP contribution in [0, 0.1) is 0 Å². The third-order valence-electron chi connectivity index (χ3n) is 3.13. The maximum Gasteiger partial charge on any atom is 0.175 e. The topological polar surface area (TPSA) is 63.6 Å². The molecule has 0 aliphatic carbocycles. The van der Waals surface area contributed by atoms with E-state index in [0.717, 1.165) is 17.6 Å². The van der Waals surface area contributed by atoms with Gasteiger partial charge in [-0.15, -0.1) is 0 Å². The minimum atomic E-state index is -3.22. The molecular formula is C16H18O4S. The van der Waals surface area contributed by atoms with Crippen LogP contribution in [0.2, 0.25) is 0 Å². The summed E-state index contributed by atoms with van der Waals surface area (Å²) in [5, 5.41) is 10.3. The van der Waals surface area contributed by atoms with Crippen LogP contribution in [0.15, 0.2) is 53.4 Å². The number of benzene rings is 2. The average molecular weight is 306 g/mol. The van der Waals surface area contributed by atoms with Crippen molar-refractivity contribution in [3.05, 3.63) is 59.7 Å². The molecule has 4 nitrogen and oxygen atoms in total. The quantitative estimate of drug-likeness (QED) is 0.922. The minimum Gasteiger partial charge on any atom is -0.494 e. The fourth-order valence-corrected chi connectivity index (χ4v) is 2.63. The predicted octanol–water partition coefficient (Wildman–Crippen LogP) is 2.57. The molecule has 21 heavy (non-hydrogen) atoms. The smallest absolute Gasteiger partial charge is 0.175 e. The third-order valence-corrected chi connectivity index (χ3v) is 4.26. The van der Waals surface area contributed by atoms with Crippen LogP contribution in [0.1, 0.15) is 24.2 Å². The molecule has 0 radical (unpaired) electrons. The zero-order valence-corrected chi connectivity index (χ0v) is 12.8. The molecule has 0 aromatic heterocycles. The van der Waals surface area contributed by atoms with E-state index in [2.05, 4.69) is 0 Å². The highest BCUT2D eigenvalue weighted by molar-refractivity contribution is 7.90. The van der Waals surface area contributed by atoms with E-state index in [1.54, 1.807) is 36.4 Å². The van der Waals surface area contributed by atoms with Crippen molar-refractivity contribution in [1.29, 1.82) is 0 Å². The number of hydrogen-bond acceptors (Lipinski definition) is 4. The first-order chi connectivity index (χ1) is 9.91. The van der Waals surface area contributed by atoms with E-state index in [0.29, 0.717) is 12.2 Å². The van der Waals surface area contributed by atoms with Crippen LogP contribution >= 0.6 is 0 Å². The van der Waals surface area contributed by atoms with Gasteiger partial charge in [0.1, 0.15) is 11.9 Å². The van der Waals surface area contributed by atoms with Crippen LogP contribution in [0.5, 0.6) is 5.75 Å². The summed E-state index contributed by atoms with van der Waals surface area (Å²) in [6, 6.07) is 13.4. The van der Waals surface area contributed by atoms with Gasteiger partial charge in [-0.2, -0.15) is 0 Å². The highest BCUT2D eigenvalue weighted by Gasteiger charge is 2.12. The Morgan fingerprint density at radius 1 is 1.00 bits per heavy atom. The van der Waals surface area contributed by atoms with Crippen LogP contribution in [0.4, 0.5) is 0 Å². The molecule has 1 atom stereocenters. The van der Waals surface area contributed by atoms with Crippen molar-refractivity contribution in [1.82, 2.24) is 0 Å². The Bertz CT molecular complexity index is 688. The van der Waals surface area contributed by atoms with Gasteiger partial charge in [-0.25, -0.2) is 8.42 Å². The molecule has 0 saturated heterocycles. The fourth-order valence-electron chi connectivity index (χ4n) is 2.00. The normalized spacial score (nSPS) is 12.9. The summed E-state index contributed by atoms with van der Waals surface area (Å²) in [5.41, 5.74) is 1.37. The third kappa shape index (κ3) is 3.83. The van der Waals surface area contributed by atoms with E-state index in [9.17, 15) is 13.5 Å². The van der Waals surface area contributed by atoms with Crippen molar-refractivity contribution in [2.45, 2.75) is 17.9 Å². The highest BCUT2D eigenvalue weighted by atomic mass is 32.2. The Kier molecular flexibility index (Phi) is 4.65. The number of ether oxygens (including phenoxy) is 1. The molecule has 1 N–H and O–H groups in total. The van der Waals surface area contributed by atoms with Gasteiger partial charge in [0, 0.05) is 6.26 Å². The van der Waals surface area contributed by atoms with Crippen LogP contribution in [-0.2, 0) is 9.84 Å². The van der Waals surface area contributed by atoms with Crippen molar-refractivity contribution in [3.63, 3.8) is 0 Å². The molecular weight excluding hydrogens is 288 g/mol. The molecule has 0 fully saturated rings. The lowest BCUT2D eigenvalue weighted by atomic mass is 10.0. The van der Waals surface area contributed by atoms with Gasteiger partial charge < -0.3 is 9.84 Å². The van der Waals surface area contributed by atoms with Crippen molar-refractivity contribution < 1.29 is 18.3 Å². The Morgan fingerprint density at radius 2 is 1.48 bits per heavy atom. The molecule has 5 heteroatoms. The van der Waals surface area contributed by atoms with Crippen molar-refractivity contribution in [3.8, 4) is 5.75 Å². The Morgan fingerprint density at radius 3 is 1.90 bits per heavy atom. The Balaban J connectivity index is 2.21. The lowest BCUT2D eigenvalue weighted by Gasteiger charge is -2.13. The molecule has 2 aromatic carbocycles. The van der Waals surface area contributed by atoms with E-state index in [1.807, 2.05) is 6.92 Å². The van der Waals surface area contributed by atoms with Crippen LogP contribution in [0.3, 0.4) is 0 Å². The molecule has 0 aliphatic rings. The zero-order valence-electron chi connectivity index (χ0n) is 12.0. The van der Waals surface area contributed by atoms with E-state index >= 15 is 0 Å². The molecule has 2 rings (SSSR count). The van der Waals surface area contributed by atoms with Gasteiger partial charge in [-0.3, -0.25) is 0 Å². The lowest BCUT2D eigenvalue weighted by Crippen LogP contribution is -2.02. The molecule has 1 unspecified atom stereocenters. The van der Waals surface area contributed by atoms with E-state index in [-0.39, 0.29) is 4.90 Å². The largest absolute Gasteiger partial charge is 0.494 e. The predicted molar refractivity (Wildman–Crippen MR) is 81.2 cm³/mol. The number of sulfone groups is 1. The number of aliphatic hydroxyl groups is 1. The van der Waals surface area contributed by atoms with Gasteiger partial charge in [-0.05, 0) is 42.3 Å². The first-order valence-electron chi connectivity index (χ1n) is 6.62. The van der Waals surface area contributed by atoms with Crippen LogP contribution < -0.4 is 4.74 Å². The van der Waals surface area contributed by atoms with Gasteiger partial charge >= 0.3 is 0 Å². The number of aliphatic hydroxyl groups excluding tert-OH is 1.